The summed E-state index contributed by atoms with van der Waals surface area (Å²) in [5.41, 5.74) is 3.28. The Hall–Kier alpha value is -2.46. The largest absolute Gasteiger partial charge is 0.357 e. The molecule has 1 saturated heterocycles. The van der Waals surface area contributed by atoms with E-state index in [9.17, 15) is 4.79 Å². The molecule has 2 aromatic carbocycles. The van der Waals surface area contributed by atoms with E-state index in [1.54, 1.807) is 0 Å². The first-order valence-electron chi connectivity index (χ1n) is 8.01. The third-order valence-corrected chi connectivity index (χ3v) is 4.77. The van der Waals surface area contributed by atoms with Crippen LogP contribution in [0.3, 0.4) is 0 Å². The summed E-state index contributed by atoms with van der Waals surface area (Å²) in [5.74, 6) is -0.0413. The van der Waals surface area contributed by atoms with E-state index in [4.69, 9.17) is 0 Å². The summed E-state index contributed by atoms with van der Waals surface area (Å²) in [4.78, 5) is 12.8. The van der Waals surface area contributed by atoms with Gasteiger partial charge in [0.15, 0.2) is 5.50 Å². The van der Waals surface area contributed by atoms with Crippen molar-refractivity contribution in [3.8, 4) is 0 Å². The van der Waals surface area contributed by atoms with Gasteiger partial charge in [0.2, 0.25) is 0 Å². The van der Waals surface area contributed by atoms with Crippen LogP contribution < -0.4 is 10.6 Å². The van der Waals surface area contributed by atoms with Crippen LogP contribution in [0.2, 0.25) is 0 Å². The highest BCUT2D eigenvalue weighted by Crippen LogP contribution is 2.28. The van der Waals surface area contributed by atoms with Crippen molar-refractivity contribution in [2.45, 2.75) is 18.8 Å². The number of carbonyl (C=O) groups excluding carboxylic acids is 1. The number of aryl methyl sites for hydroxylation is 1. The van der Waals surface area contributed by atoms with Crippen LogP contribution in [0, 0.1) is 0 Å². The van der Waals surface area contributed by atoms with Gasteiger partial charge in [0.1, 0.15) is 0 Å². The standard InChI is InChI=1S/C20H20N2OS/c1-2-15-11-13-17(14-12-15)21-20-22-19(23)18(24-20)10-6-9-16-7-4-3-5-8-16/h3-14,20-21H,2H2,1H3,(H,22,23)/b9-6+,18-10-/t20-/m1/s1. The second kappa shape index (κ2) is 7.88. The van der Waals surface area contributed by atoms with E-state index >= 15 is 0 Å². The fraction of sp³-hybridized carbons (Fsp3) is 0.150. The van der Waals surface area contributed by atoms with Gasteiger partial charge in [-0.1, -0.05) is 73.3 Å². The maximum atomic E-state index is 12.0. The van der Waals surface area contributed by atoms with Gasteiger partial charge in [0, 0.05) is 5.69 Å². The summed E-state index contributed by atoms with van der Waals surface area (Å²) >= 11 is 1.50. The molecule has 0 aliphatic carbocycles. The van der Waals surface area contributed by atoms with Crippen LogP contribution in [0.25, 0.3) is 6.08 Å². The highest BCUT2D eigenvalue weighted by atomic mass is 32.2. The Labute approximate surface area is 146 Å². The number of nitrogens with one attached hydrogen (secondary N) is 2. The molecule has 3 rings (SSSR count). The van der Waals surface area contributed by atoms with Crippen molar-refractivity contribution in [3.63, 3.8) is 0 Å². The molecule has 1 aliphatic rings. The maximum absolute atomic E-state index is 12.0. The van der Waals surface area contributed by atoms with Crippen molar-refractivity contribution in [2.75, 3.05) is 5.32 Å². The molecule has 1 amide bonds. The van der Waals surface area contributed by atoms with Crippen LogP contribution in [-0.2, 0) is 11.2 Å². The number of rotatable bonds is 5. The smallest absolute Gasteiger partial charge is 0.260 e. The van der Waals surface area contributed by atoms with Gasteiger partial charge in [-0.3, -0.25) is 4.79 Å². The lowest BCUT2D eigenvalue weighted by Gasteiger charge is -2.12. The summed E-state index contributed by atoms with van der Waals surface area (Å²) < 4.78 is 0. The molecule has 122 valence electrons. The Balaban J connectivity index is 1.60. The van der Waals surface area contributed by atoms with Crippen molar-refractivity contribution < 1.29 is 4.79 Å². The minimum absolute atomic E-state index is 0.0413. The number of hydrogen-bond acceptors (Lipinski definition) is 3. The second-order valence-electron chi connectivity index (χ2n) is 5.47. The Kier molecular flexibility index (Phi) is 5.39. The summed E-state index contributed by atoms with van der Waals surface area (Å²) in [6, 6.07) is 18.3. The predicted octanol–water partition coefficient (Wildman–Crippen LogP) is 4.40. The van der Waals surface area contributed by atoms with Gasteiger partial charge >= 0.3 is 0 Å². The van der Waals surface area contributed by atoms with E-state index in [1.807, 2.05) is 60.7 Å². The van der Waals surface area contributed by atoms with Crippen molar-refractivity contribution >= 4 is 29.4 Å². The van der Waals surface area contributed by atoms with E-state index in [0.717, 1.165) is 17.7 Å². The maximum Gasteiger partial charge on any atom is 0.260 e. The van der Waals surface area contributed by atoms with Gasteiger partial charge in [-0.2, -0.15) is 0 Å². The van der Waals surface area contributed by atoms with Crippen LogP contribution in [0.15, 0.2) is 71.7 Å². The summed E-state index contributed by atoms with van der Waals surface area (Å²) in [7, 11) is 0. The SMILES string of the molecule is CCc1ccc(N[C@@H]2NC(=O)/C(=C/C=C/c3ccccc3)S2)cc1. The van der Waals surface area contributed by atoms with Crippen LogP contribution in [-0.4, -0.2) is 11.4 Å². The number of carbonyl (C=O) groups is 1. The van der Waals surface area contributed by atoms with Gasteiger partial charge in [-0.05, 0) is 35.8 Å². The zero-order valence-electron chi connectivity index (χ0n) is 13.5. The molecule has 2 N–H and O–H groups in total. The average Bonchev–Trinajstić information content (AvgIpc) is 2.96. The fourth-order valence-corrected chi connectivity index (χ4v) is 3.32. The summed E-state index contributed by atoms with van der Waals surface area (Å²) in [5, 5.41) is 6.27. The van der Waals surface area contributed by atoms with Crippen LogP contribution in [0.4, 0.5) is 5.69 Å². The molecular formula is C20H20N2OS. The summed E-state index contributed by atoms with van der Waals surface area (Å²) in [6.45, 7) is 2.13. The monoisotopic (exact) mass is 336 g/mol. The zero-order chi connectivity index (χ0) is 16.8. The molecule has 3 nitrogen and oxygen atoms in total. The Morgan fingerprint density at radius 2 is 1.88 bits per heavy atom. The third kappa shape index (κ3) is 4.30. The lowest BCUT2D eigenvalue weighted by molar-refractivity contribution is -0.116. The fourth-order valence-electron chi connectivity index (χ4n) is 2.38. The normalized spacial score (nSPS) is 19.0. The van der Waals surface area contributed by atoms with Gasteiger partial charge in [-0.25, -0.2) is 0 Å². The van der Waals surface area contributed by atoms with Crippen LogP contribution >= 0.6 is 11.8 Å². The Morgan fingerprint density at radius 1 is 1.12 bits per heavy atom. The van der Waals surface area contributed by atoms with E-state index in [2.05, 4.69) is 29.7 Å². The van der Waals surface area contributed by atoms with E-state index in [0.29, 0.717) is 4.91 Å². The number of benzene rings is 2. The van der Waals surface area contributed by atoms with Gasteiger partial charge in [-0.15, -0.1) is 0 Å². The highest BCUT2D eigenvalue weighted by molar-refractivity contribution is 8.05. The van der Waals surface area contributed by atoms with E-state index in [-0.39, 0.29) is 11.4 Å². The molecule has 1 heterocycles. The quantitative estimate of drug-likeness (QED) is 0.795. The van der Waals surface area contributed by atoms with E-state index < -0.39 is 0 Å². The van der Waals surface area contributed by atoms with Crippen LogP contribution in [0.1, 0.15) is 18.1 Å². The minimum atomic E-state index is -0.138. The Bertz CT molecular complexity index is 751. The molecule has 0 aromatic heterocycles. The first-order chi connectivity index (χ1) is 11.7. The number of allylic oxidation sites excluding steroid dienone is 2. The van der Waals surface area contributed by atoms with Crippen LogP contribution in [0.5, 0.6) is 0 Å². The lowest BCUT2D eigenvalue weighted by Crippen LogP contribution is -2.30. The van der Waals surface area contributed by atoms with Crippen molar-refractivity contribution in [1.29, 1.82) is 0 Å². The van der Waals surface area contributed by atoms with Crippen molar-refractivity contribution in [1.82, 2.24) is 5.32 Å². The molecule has 0 bridgehead atoms. The molecule has 1 fully saturated rings. The number of anilines is 1. The highest BCUT2D eigenvalue weighted by Gasteiger charge is 2.26. The molecule has 2 aromatic rings. The van der Waals surface area contributed by atoms with Crippen molar-refractivity contribution in [3.05, 3.63) is 82.8 Å². The first kappa shape index (κ1) is 16.4. The third-order valence-electron chi connectivity index (χ3n) is 3.73. The number of amides is 1. The second-order valence-corrected chi connectivity index (χ2v) is 6.61. The average molecular weight is 336 g/mol. The Morgan fingerprint density at radius 3 is 2.58 bits per heavy atom. The zero-order valence-corrected chi connectivity index (χ0v) is 14.3. The van der Waals surface area contributed by atoms with Gasteiger partial charge in [0.25, 0.3) is 5.91 Å². The molecule has 4 heteroatoms. The predicted molar refractivity (Wildman–Crippen MR) is 103 cm³/mol. The molecule has 1 aliphatic heterocycles. The molecule has 0 saturated carbocycles. The minimum Gasteiger partial charge on any atom is -0.357 e. The van der Waals surface area contributed by atoms with E-state index in [1.165, 1.54) is 17.3 Å². The molecular weight excluding hydrogens is 316 g/mol. The lowest BCUT2D eigenvalue weighted by atomic mass is 10.1. The molecule has 0 spiro atoms. The first-order valence-corrected chi connectivity index (χ1v) is 8.89. The molecule has 0 unspecified atom stereocenters. The molecule has 24 heavy (non-hydrogen) atoms. The summed E-state index contributed by atoms with van der Waals surface area (Å²) in [6.07, 6.45) is 6.78. The number of hydrogen-bond donors (Lipinski definition) is 2. The van der Waals surface area contributed by atoms with Gasteiger partial charge in [0.05, 0.1) is 4.91 Å². The molecule has 1 atom stereocenters. The van der Waals surface area contributed by atoms with Crippen molar-refractivity contribution in [2.24, 2.45) is 0 Å². The number of thioether (sulfide) groups is 1. The molecule has 0 radical (unpaired) electrons. The van der Waals surface area contributed by atoms with Gasteiger partial charge < -0.3 is 10.6 Å². The topological polar surface area (TPSA) is 41.1 Å².